The minimum absolute atomic E-state index is 0.275. The van der Waals surface area contributed by atoms with Gasteiger partial charge in [0.25, 0.3) is 0 Å². The van der Waals surface area contributed by atoms with Gasteiger partial charge in [0.05, 0.1) is 12.2 Å². The van der Waals surface area contributed by atoms with Crippen LogP contribution in [0.4, 0.5) is 0 Å². The molecule has 2 heteroatoms. The third-order valence-electron chi connectivity index (χ3n) is 5.77. The van der Waals surface area contributed by atoms with Crippen LogP contribution >= 0.6 is 0 Å². The molecule has 1 fully saturated rings. The SMILES string of the molecule is CC(C)(C)C1CCC(Oc2ccc(C3=CC(O)CCC3)cc2)CC1. The van der Waals surface area contributed by atoms with Crippen molar-refractivity contribution < 1.29 is 9.84 Å². The Bertz CT molecular complexity index is 557. The zero-order chi connectivity index (χ0) is 17.2. The van der Waals surface area contributed by atoms with Crippen molar-refractivity contribution in [2.45, 2.75) is 77.9 Å². The fourth-order valence-corrected chi connectivity index (χ4v) is 4.13. The molecule has 1 aromatic rings. The Morgan fingerprint density at radius 3 is 2.21 bits per heavy atom. The van der Waals surface area contributed by atoms with Gasteiger partial charge in [0, 0.05) is 0 Å². The number of hydrogen-bond donors (Lipinski definition) is 1. The van der Waals surface area contributed by atoms with Crippen LogP contribution in [0, 0.1) is 11.3 Å². The van der Waals surface area contributed by atoms with Gasteiger partial charge in [-0.05, 0) is 79.5 Å². The van der Waals surface area contributed by atoms with E-state index in [9.17, 15) is 5.11 Å². The lowest BCUT2D eigenvalue weighted by molar-refractivity contribution is 0.0882. The van der Waals surface area contributed by atoms with Crippen LogP contribution in [0.2, 0.25) is 0 Å². The standard InChI is InChI=1S/C22H32O2/c1-22(2,3)18-9-13-21(14-10-18)24-20-11-7-16(8-12-20)17-5-4-6-19(23)15-17/h7-8,11-12,15,18-19,21,23H,4-6,9-10,13-14H2,1-3H3. The molecule has 1 atom stereocenters. The number of rotatable bonds is 3. The molecule has 1 aromatic carbocycles. The number of hydrogen-bond acceptors (Lipinski definition) is 2. The van der Waals surface area contributed by atoms with Gasteiger partial charge in [0.2, 0.25) is 0 Å². The normalized spacial score (nSPS) is 28.3. The van der Waals surface area contributed by atoms with E-state index in [4.69, 9.17) is 4.74 Å². The summed E-state index contributed by atoms with van der Waals surface area (Å²) in [6, 6.07) is 8.46. The van der Waals surface area contributed by atoms with Gasteiger partial charge in [-0.3, -0.25) is 0 Å². The molecule has 1 saturated carbocycles. The Morgan fingerprint density at radius 2 is 1.62 bits per heavy atom. The summed E-state index contributed by atoms with van der Waals surface area (Å²) >= 11 is 0. The highest BCUT2D eigenvalue weighted by Gasteiger charge is 2.30. The van der Waals surface area contributed by atoms with Gasteiger partial charge in [-0.15, -0.1) is 0 Å². The third-order valence-corrected chi connectivity index (χ3v) is 5.77. The molecule has 132 valence electrons. The van der Waals surface area contributed by atoms with Gasteiger partial charge in [-0.1, -0.05) is 39.0 Å². The van der Waals surface area contributed by atoms with Crippen LogP contribution in [0.3, 0.4) is 0 Å². The van der Waals surface area contributed by atoms with E-state index in [2.05, 4.69) is 45.0 Å². The second-order valence-corrected chi connectivity index (χ2v) is 8.63. The van der Waals surface area contributed by atoms with E-state index in [1.807, 2.05) is 6.08 Å². The topological polar surface area (TPSA) is 29.5 Å². The highest BCUT2D eigenvalue weighted by Crippen LogP contribution is 2.39. The molecule has 0 heterocycles. The molecule has 0 saturated heterocycles. The zero-order valence-corrected chi connectivity index (χ0v) is 15.4. The number of benzene rings is 1. The van der Waals surface area contributed by atoms with Crippen molar-refractivity contribution in [3.8, 4) is 5.75 Å². The summed E-state index contributed by atoms with van der Waals surface area (Å²) in [5, 5.41) is 9.79. The quantitative estimate of drug-likeness (QED) is 0.782. The molecule has 0 aromatic heterocycles. The highest BCUT2D eigenvalue weighted by molar-refractivity contribution is 5.67. The summed E-state index contributed by atoms with van der Waals surface area (Å²) in [6.45, 7) is 7.07. The van der Waals surface area contributed by atoms with Crippen molar-refractivity contribution in [3.05, 3.63) is 35.9 Å². The lowest BCUT2D eigenvalue weighted by Crippen LogP contribution is -2.30. The summed E-state index contributed by atoms with van der Waals surface area (Å²) in [5.74, 6) is 1.80. The second kappa shape index (κ2) is 7.31. The van der Waals surface area contributed by atoms with Gasteiger partial charge >= 0.3 is 0 Å². The molecule has 0 amide bonds. The Kier molecular flexibility index (Phi) is 5.34. The molecular formula is C22H32O2. The van der Waals surface area contributed by atoms with Gasteiger partial charge in [0.1, 0.15) is 5.75 Å². The fraction of sp³-hybridized carbons (Fsp3) is 0.636. The van der Waals surface area contributed by atoms with E-state index in [-0.39, 0.29) is 6.10 Å². The van der Waals surface area contributed by atoms with Crippen LogP contribution in [-0.4, -0.2) is 17.3 Å². The van der Waals surface area contributed by atoms with Crippen LogP contribution in [0.15, 0.2) is 30.3 Å². The molecule has 2 aliphatic carbocycles. The molecule has 24 heavy (non-hydrogen) atoms. The Morgan fingerprint density at radius 1 is 0.958 bits per heavy atom. The van der Waals surface area contributed by atoms with Crippen molar-refractivity contribution in [1.82, 2.24) is 0 Å². The first-order valence-electron chi connectivity index (χ1n) is 9.57. The maximum absolute atomic E-state index is 9.79. The lowest BCUT2D eigenvalue weighted by Gasteiger charge is -2.36. The van der Waals surface area contributed by atoms with E-state index >= 15 is 0 Å². The van der Waals surface area contributed by atoms with Crippen molar-refractivity contribution in [1.29, 1.82) is 0 Å². The number of allylic oxidation sites excluding steroid dienone is 1. The summed E-state index contributed by atoms with van der Waals surface area (Å²) < 4.78 is 6.21. The Balaban J connectivity index is 1.56. The molecular weight excluding hydrogens is 296 g/mol. The van der Waals surface area contributed by atoms with E-state index in [0.717, 1.165) is 30.9 Å². The molecule has 1 unspecified atom stereocenters. The lowest BCUT2D eigenvalue weighted by atomic mass is 9.72. The smallest absolute Gasteiger partial charge is 0.119 e. The molecule has 2 nitrogen and oxygen atoms in total. The van der Waals surface area contributed by atoms with E-state index in [0.29, 0.717) is 11.5 Å². The van der Waals surface area contributed by atoms with Crippen LogP contribution in [0.25, 0.3) is 5.57 Å². The number of aliphatic hydroxyl groups is 1. The Hall–Kier alpha value is -1.28. The summed E-state index contributed by atoms with van der Waals surface area (Å²) in [5.41, 5.74) is 2.91. The minimum atomic E-state index is -0.275. The van der Waals surface area contributed by atoms with Crippen molar-refractivity contribution in [2.75, 3.05) is 0 Å². The van der Waals surface area contributed by atoms with E-state index < -0.39 is 0 Å². The largest absolute Gasteiger partial charge is 0.490 e. The van der Waals surface area contributed by atoms with Crippen LogP contribution in [0.1, 0.15) is 71.3 Å². The average molecular weight is 328 g/mol. The summed E-state index contributed by atoms with van der Waals surface area (Å²) in [4.78, 5) is 0. The van der Waals surface area contributed by atoms with Crippen LogP contribution in [0.5, 0.6) is 5.75 Å². The molecule has 0 spiro atoms. The average Bonchev–Trinajstić information content (AvgIpc) is 2.55. The molecule has 0 radical (unpaired) electrons. The predicted octanol–water partition coefficient (Wildman–Crippen LogP) is 5.60. The first-order valence-corrected chi connectivity index (χ1v) is 9.57. The third kappa shape index (κ3) is 4.42. The molecule has 3 rings (SSSR count). The fourth-order valence-electron chi connectivity index (χ4n) is 4.13. The summed E-state index contributed by atoms with van der Waals surface area (Å²) in [6.07, 6.45) is 10.0. The van der Waals surface area contributed by atoms with Crippen molar-refractivity contribution in [2.24, 2.45) is 11.3 Å². The molecule has 2 aliphatic rings. The minimum Gasteiger partial charge on any atom is -0.490 e. The maximum Gasteiger partial charge on any atom is 0.119 e. The maximum atomic E-state index is 9.79. The first kappa shape index (κ1) is 17.5. The first-order chi connectivity index (χ1) is 11.4. The predicted molar refractivity (Wildman–Crippen MR) is 100 cm³/mol. The van der Waals surface area contributed by atoms with Crippen molar-refractivity contribution in [3.63, 3.8) is 0 Å². The van der Waals surface area contributed by atoms with Crippen LogP contribution < -0.4 is 4.74 Å². The van der Waals surface area contributed by atoms with Crippen molar-refractivity contribution >= 4 is 5.57 Å². The van der Waals surface area contributed by atoms with Gasteiger partial charge < -0.3 is 9.84 Å². The summed E-state index contributed by atoms with van der Waals surface area (Å²) in [7, 11) is 0. The van der Waals surface area contributed by atoms with Crippen LogP contribution in [-0.2, 0) is 0 Å². The monoisotopic (exact) mass is 328 g/mol. The number of ether oxygens (including phenoxy) is 1. The zero-order valence-electron chi connectivity index (χ0n) is 15.4. The highest BCUT2D eigenvalue weighted by atomic mass is 16.5. The van der Waals surface area contributed by atoms with Gasteiger partial charge in [0.15, 0.2) is 0 Å². The van der Waals surface area contributed by atoms with E-state index in [1.54, 1.807) is 0 Å². The Labute approximate surface area is 146 Å². The van der Waals surface area contributed by atoms with E-state index in [1.165, 1.54) is 36.8 Å². The second-order valence-electron chi connectivity index (χ2n) is 8.63. The molecule has 1 N–H and O–H groups in total. The molecule has 0 aliphatic heterocycles. The molecule has 0 bridgehead atoms. The number of aliphatic hydroxyl groups excluding tert-OH is 1. The van der Waals surface area contributed by atoms with Gasteiger partial charge in [-0.2, -0.15) is 0 Å². The van der Waals surface area contributed by atoms with Gasteiger partial charge in [-0.25, -0.2) is 0 Å².